The molecule has 0 spiro atoms. The molecule has 0 fully saturated rings. The van der Waals surface area contributed by atoms with Crippen LogP contribution in [0.25, 0.3) is 0 Å². The van der Waals surface area contributed by atoms with Crippen LogP contribution in [0.15, 0.2) is 72.8 Å². The Kier molecular flexibility index (Phi) is 58.7. The summed E-state index contributed by atoms with van der Waals surface area (Å²) in [4.78, 5) is 180. The minimum Gasteiger partial charge on any atom is -0.810 e. The molecule has 0 saturated heterocycles. The molecule has 0 saturated carbocycles. The Bertz CT molecular complexity index is 3420. The van der Waals surface area contributed by atoms with Gasteiger partial charge in [-0.05, 0) is 67.8 Å². The molecule has 8 bridgehead atoms. The minimum atomic E-state index is -4.97. The van der Waals surface area contributed by atoms with Gasteiger partial charge in [0, 0.05) is 175 Å². The Hall–Kier alpha value is 3.98. The molecule has 2 radical (unpaired) electrons. The fourth-order valence-electron chi connectivity index (χ4n) is 10.5. The van der Waals surface area contributed by atoms with Crippen LogP contribution in [0.1, 0.15) is 105 Å². The molecule has 3 aliphatic heterocycles. The minimum absolute atomic E-state index is 0. The van der Waals surface area contributed by atoms with E-state index in [0.717, 1.165) is 27.4 Å². The number of rotatable bonds is 29. The van der Waals surface area contributed by atoms with E-state index in [1.165, 1.54) is 24.5 Å². The maximum Gasteiger partial charge on any atom is 3.00 e. The van der Waals surface area contributed by atoms with Crippen molar-refractivity contribution in [3.63, 3.8) is 0 Å². The quantitative estimate of drug-likeness (QED) is 0.0322. The summed E-state index contributed by atoms with van der Waals surface area (Å²) in [7, 11) is -31.0. The van der Waals surface area contributed by atoms with E-state index in [-0.39, 0.29) is 298 Å². The summed E-state index contributed by atoms with van der Waals surface area (Å²) in [6.45, 7) is 9.47. The standard InChI is InChI=1S/C26H51N4O9P3.C16H22N4O6P2.C14H27N4O9P3.BH5P3.4Tb/c1-4-7-17-37-40(31,32)22-28-13-15-29(23-41(33,34)38-18-8-5-2)20-25-11-10-12-26(27-25)21-30(16-14-28)24-42(35,36)39-19-9-6-3;21-27(22,23)11-19-7-13-3-1-4-14(17-13)8-20(12-28(24,25)26)10-16-6-2-5-15(9-19)18-16;19-28(20,21)10-16-4-6-17(11-29(22,23)24)8-13-2-1-3-14(15-13)9-18(7-5-16)12-30(25,26)27;2-1-4-3;;;;/h10-12H,4-9,13-24H2,1-3H3,(H,31,32)(H,33,34)(H,35,36);1-6H,7-12H2,(H2,21,22,23)(H2,24,25,26);1-3H,4-12H2,(H2,19,20,21)(H2,22,23,24)(H2,25,26,27);4H,2-3H2;;;;/q;;;;;3*+3/p-13. The maximum atomic E-state index is 12.8. The normalized spacial score (nSPS) is 18.1. The second-order valence-electron chi connectivity index (χ2n) is 24.8. The van der Waals surface area contributed by atoms with Crippen LogP contribution in [-0.2, 0) is 102 Å². The second-order valence-corrected chi connectivity index (χ2v) is 40.3. The van der Waals surface area contributed by atoms with Crippen molar-refractivity contribution in [2.45, 2.75) is 112 Å². The van der Waals surface area contributed by atoms with E-state index >= 15 is 0 Å². The predicted molar refractivity (Wildman–Crippen MR) is 376 cm³/mol. The zero-order valence-corrected chi connectivity index (χ0v) is 78.6. The van der Waals surface area contributed by atoms with Crippen molar-refractivity contribution in [3.05, 3.63) is 118 Å². The average molecular weight is 2300 g/mol. The Balaban J connectivity index is 0.00000155. The molecule has 36 nitrogen and oxygen atoms in total. The first kappa shape index (κ1) is 112. The van der Waals surface area contributed by atoms with Gasteiger partial charge >= 0.3 is 116 Å². The number of nitrogens with zero attached hydrogens (tertiary/aromatic N) is 12. The summed E-state index contributed by atoms with van der Waals surface area (Å²) in [5.41, 5.74) is 4.11. The van der Waals surface area contributed by atoms with Crippen molar-refractivity contribution in [3.8, 4) is 0 Å². The molecule has 0 aliphatic carbocycles. The van der Waals surface area contributed by atoms with Gasteiger partial charge in [0.2, 0.25) is 0 Å². The SMILES string of the molecule is CCCCOP(=O)([O-])CN1CCN(CP(=O)([O-])OCCCC)Cc2cccc(n2)CN(CP(=O)([O-])OCCCC)CC1.O=P([O-])([O-])CN1CCN(CP(=O)([O-])[O-])Cc2cccc(n2)CN(CP(=O)([O-])[O-])CC1.O=P([O-])([O-])CN1Cc2cccc(n2)CN(CP(=O)([O-])[O-])Cc2cccc(n2)C1.P[B]PP.[Tb+3].[Tb+3].[Tb+3].[Tb]. The van der Waals surface area contributed by atoms with Gasteiger partial charge < -0.3 is 114 Å². The van der Waals surface area contributed by atoms with Gasteiger partial charge in [-0.2, -0.15) is 9.12 Å². The van der Waals surface area contributed by atoms with Gasteiger partial charge in [0.15, 0.2) is 6.72 Å². The van der Waals surface area contributed by atoms with Crippen molar-refractivity contribution >= 4 is 93.7 Å². The summed E-state index contributed by atoms with van der Waals surface area (Å²) in [5.74, 6) is 0. The molecule has 108 heavy (non-hydrogen) atoms. The van der Waals surface area contributed by atoms with Gasteiger partial charge in [-0.1, -0.05) is 102 Å². The van der Waals surface area contributed by atoms with Gasteiger partial charge in [-0.15, -0.1) is 17.1 Å². The third-order valence-electron chi connectivity index (χ3n) is 14.9. The van der Waals surface area contributed by atoms with E-state index in [9.17, 15) is 100 Å². The molecule has 6 unspecified atom stereocenters. The Labute approximate surface area is 763 Å². The van der Waals surface area contributed by atoms with Gasteiger partial charge in [0.05, 0.1) is 84.2 Å². The summed E-state index contributed by atoms with van der Waals surface area (Å²) in [6.07, 6.45) is -0.641. The molecule has 7 heterocycles. The fraction of sp³-hybridized carbons (Fsp3) is 0.643. The number of fused-ring (bicyclic) bond motifs is 8. The van der Waals surface area contributed by atoms with Crippen LogP contribution in [0.3, 0.4) is 0 Å². The number of hydrogen-bond acceptors (Lipinski definition) is 36. The van der Waals surface area contributed by atoms with Crippen molar-refractivity contribution in [1.82, 2.24) is 59.1 Å². The van der Waals surface area contributed by atoms with Crippen LogP contribution < -0.4 is 63.6 Å². The molecule has 3 aliphatic rings. The van der Waals surface area contributed by atoms with Crippen molar-refractivity contribution in [2.75, 3.05) is 122 Å². The molecular weight excluding hydrogens is 2210 g/mol. The van der Waals surface area contributed by atoms with E-state index in [1.807, 2.05) is 27.5 Å². The van der Waals surface area contributed by atoms with Gasteiger partial charge in [-0.3, -0.25) is 59.1 Å². The van der Waals surface area contributed by atoms with Crippen LogP contribution in [0.4, 0.5) is 0 Å². The number of aromatic nitrogens is 4. The first-order valence-corrected chi connectivity index (χ1v) is 50.4. The van der Waals surface area contributed by atoms with Crippen LogP contribution in [0, 0.1) is 154 Å². The van der Waals surface area contributed by atoms with E-state index in [0.29, 0.717) is 64.8 Å². The van der Waals surface area contributed by atoms with Crippen LogP contribution in [-0.4, -0.2) is 188 Å². The monoisotopic (exact) mass is 2300 g/mol. The molecule has 0 N–H and O–H groups in total. The topological polar surface area (TPSA) is 542 Å². The molecular formula is C56H92BN12O24P11Tb4-4. The van der Waals surface area contributed by atoms with Gasteiger partial charge in [0.25, 0.3) is 0 Å². The van der Waals surface area contributed by atoms with Crippen molar-refractivity contribution in [1.29, 1.82) is 0 Å². The zero-order valence-electron chi connectivity index (χ0n) is 59.6. The largest absolute Gasteiger partial charge is 3.00 e. The molecule has 52 heteroatoms. The molecule has 4 aromatic heterocycles. The average Bonchev–Trinajstić information content (AvgIpc) is 0.815. The first-order valence-electron chi connectivity index (χ1n) is 33.0. The first-order chi connectivity index (χ1) is 48.5. The summed E-state index contributed by atoms with van der Waals surface area (Å²) >= 11 is 0. The van der Waals surface area contributed by atoms with E-state index in [1.54, 1.807) is 87.5 Å². The smallest absolute Gasteiger partial charge is 0.810 e. The predicted octanol–water partition coefficient (Wildman–Crippen LogP) is -2.00. The Morgan fingerprint density at radius 3 is 0.713 bits per heavy atom. The van der Waals surface area contributed by atoms with E-state index < -0.39 is 92.2 Å². The third-order valence-corrected chi connectivity index (χ3v) is 25.1. The van der Waals surface area contributed by atoms with Crippen molar-refractivity contribution < 1.29 is 268 Å². The van der Waals surface area contributed by atoms with Crippen molar-refractivity contribution in [2.24, 2.45) is 0 Å². The molecule has 618 valence electrons. The molecule has 0 aromatic carbocycles. The van der Waals surface area contributed by atoms with E-state index in [2.05, 4.69) is 38.0 Å². The number of hydrogen-bond donors (Lipinski definition) is 0. The third kappa shape index (κ3) is 54.4. The van der Waals surface area contributed by atoms with Crippen LogP contribution >= 0.6 is 87.0 Å². The second kappa shape index (κ2) is 56.6. The zero-order chi connectivity index (χ0) is 77.4. The molecule has 4 aromatic rings. The van der Waals surface area contributed by atoms with Gasteiger partial charge in [0.1, 0.15) is 22.8 Å². The fourth-order valence-corrected chi connectivity index (χ4v) is 17.8. The van der Waals surface area contributed by atoms with Gasteiger partial charge in [-0.25, -0.2) is 0 Å². The Morgan fingerprint density at radius 1 is 0.343 bits per heavy atom. The Morgan fingerprint density at radius 2 is 0.509 bits per heavy atom. The number of unbranched alkanes of at least 4 members (excludes halogenated alkanes) is 3. The van der Waals surface area contributed by atoms with Crippen LogP contribution in [0.2, 0.25) is 0 Å². The molecule has 6 atom stereocenters. The summed E-state index contributed by atoms with van der Waals surface area (Å²) < 4.78 is 110. The summed E-state index contributed by atoms with van der Waals surface area (Å²) in [5, 5.41) is 0. The summed E-state index contributed by atoms with van der Waals surface area (Å²) in [6, 6.07) is 20.3. The number of pyridine rings is 4. The molecule has 7 rings (SSSR count). The maximum absolute atomic E-state index is 12.8. The molecule has 0 amide bonds. The van der Waals surface area contributed by atoms with E-state index in [4.69, 9.17) is 13.6 Å². The van der Waals surface area contributed by atoms with Crippen LogP contribution in [0.5, 0.6) is 0 Å².